The van der Waals surface area contributed by atoms with Crippen LogP contribution >= 0.6 is 0 Å². The van der Waals surface area contributed by atoms with Crippen LogP contribution in [0.2, 0.25) is 0 Å². The third kappa shape index (κ3) is 4.28. The molecular weight excluding hydrogens is 160 g/mol. The first-order valence-electron chi connectivity index (χ1n) is 2.54. The summed E-state index contributed by atoms with van der Waals surface area (Å²) in [7, 11) is -3.48. The van der Waals surface area contributed by atoms with Gasteiger partial charge in [0.15, 0.2) is 0 Å². The normalized spacial score (nSPS) is 10.9. The molecule has 0 aliphatic heterocycles. The molecule has 0 aromatic carbocycles. The van der Waals surface area contributed by atoms with Crippen molar-refractivity contribution in [2.45, 2.75) is 6.92 Å². The monoisotopic (exact) mass is 168 g/mol. The van der Waals surface area contributed by atoms with Crippen LogP contribution < -0.4 is 0 Å². The Hall–Kier alpha value is -0.620. The van der Waals surface area contributed by atoms with Gasteiger partial charge in [-0.3, -0.25) is 4.79 Å². The summed E-state index contributed by atoms with van der Waals surface area (Å²) < 4.78 is 29.0. The molecule has 0 aromatic heterocycles. The van der Waals surface area contributed by atoms with Crippen LogP contribution in [0.5, 0.6) is 0 Å². The molecule has 0 amide bonds. The van der Waals surface area contributed by atoms with E-state index < -0.39 is 16.9 Å². The minimum absolute atomic E-state index is 0.116. The van der Waals surface area contributed by atoms with Gasteiger partial charge in [-0.15, -0.1) is 0 Å². The van der Waals surface area contributed by atoms with Crippen LogP contribution in [0.15, 0.2) is 0 Å². The average Bonchev–Trinajstić information content (AvgIpc) is 1.89. The summed E-state index contributed by atoms with van der Waals surface area (Å²) in [4.78, 5) is 9.48. The number of carbonyl (C=O) groups excluding carboxylic acids is 1. The van der Waals surface area contributed by atoms with E-state index in [4.69, 9.17) is 0 Å². The Kier molecular flexibility index (Phi) is 3.97. The van der Waals surface area contributed by atoms with Gasteiger partial charge in [-0.2, -0.15) is 8.42 Å². The Balaban J connectivity index is 3.58. The molecule has 0 bridgehead atoms. The minimum atomic E-state index is -3.48. The molecule has 0 radical (unpaired) electrons. The van der Waals surface area contributed by atoms with Gasteiger partial charge < -0.3 is 4.74 Å². The summed E-state index contributed by atoms with van der Waals surface area (Å²) in [6, 6.07) is 0. The summed E-state index contributed by atoms with van der Waals surface area (Å²) in [6.07, 6.45) is 0. The molecule has 0 fully saturated rings. The van der Waals surface area contributed by atoms with Gasteiger partial charge in [0.05, 0.1) is 5.75 Å². The zero-order valence-electron chi connectivity index (χ0n) is 5.44. The number of hydrogen-bond donors (Lipinski definition) is 0. The molecule has 0 N–H and O–H groups in total. The maximum Gasteiger partial charge on any atom is 0.295 e. The highest BCUT2D eigenvalue weighted by Gasteiger charge is 2.05. The van der Waals surface area contributed by atoms with Gasteiger partial charge >= 0.3 is 0 Å². The molecule has 5 nitrogen and oxygen atoms in total. The molecule has 10 heavy (non-hydrogen) atoms. The van der Waals surface area contributed by atoms with E-state index in [1.54, 1.807) is 0 Å². The summed E-state index contributed by atoms with van der Waals surface area (Å²) in [5.74, 6) is -0.130. The highest BCUT2D eigenvalue weighted by Crippen LogP contribution is 1.90. The molecule has 0 saturated carbocycles. The van der Waals surface area contributed by atoms with Crippen LogP contribution in [-0.4, -0.2) is 27.4 Å². The van der Waals surface area contributed by atoms with Gasteiger partial charge in [-0.1, -0.05) is 0 Å². The Morgan fingerprint density at radius 3 is 2.50 bits per heavy atom. The lowest BCUT2D eigenvalue weighted by atomic mass is 11.0. The van der Waals surface area contributed by atoms with E-state index in [-0.39, 0.29) is 12.2 Å². The zero-order chi connectivity index (χ0) is 8.04. The van der Waals surface area contributed by atoms with E-state index in [1.807, 2.05) is 0 Å². The molecule has 60 valence electrons. The van der Waals surface area contributed by atoms with Crippen molar-refractivity contribution in [3.8, 4) is 0 Å². The predicted molar refractivity (Wildman–Crippen MR) is 32.6 cm³/mol. The Morgan fingerprint density at radius 1 is 1.50 bits per heavy atom. The predicted octanol–water partition coefficient (Wildman–Crippen LogP) is -0.517. The van der Waals surface area contributed by atoms with Gasteiger partial charge in [-0.05, 0) is 6.92 Å². The van der Waals surface area contributed by atoms with Crippen LogP contribution in [0.3, 0.4) is 0 Å². The first-order valence-corrected chi connectivity index (χ1v) is 4.12. The molecule has 0 aliphatic rings. The topological polar surface area (TPSA) is 69.7 Å². The lowest BCUT2D eigenvalue weighted by Crippen LogP contribution is -2.10. The average molecular weight is 168 g/mol. The standard InChI is InChI=1S/C4H8O5S/c1-2-10(6,7)9-4-8-3-5/h3H,2,4H2,1H3. The lowest BCUT2D eigenvalue weighted by molar-refractivity contribution is -0.134. The number of carbonyl (C=O) groups is 1. The van der Waals surface area contributed by atoms with E-state index in [9.17, 15) is 13.2 Å². The molecule has 0 aromatic rings. The molecule has 0 atom stereocenters. The third-order valence-corrected chi connectivity index (χ3v) is 1.88. The van der Waals surface area contributed by atoms with E-state index in [0.717, 1.165) is 0 Å². The van der Waals surface area contributed by atoms with E-state index >= 15 is 0 Å². The van der Waals surface area contributed by atoms with Crippen molar-refractivity contribution in [2.24, 2.45) is 0 Å². The van der Waals surface area contributed by atoms with Crippen molar-refractivity contribution < 1.29 is 22.1 Å². The Bertz CT molecular complexity index is 182. The molecule has 0 saturated heterocycles. The second-order valence-corrected chi connectivity index (χ2v) is 3.27. The second-order valence-electron chi connectivity index (χ2n) is 1.34. The lowest BCUT2D eigenvalue weighted by Gasteiger charge is -1.99. The molecule has 0 rings (SSSR count). The molecule has 0 spiro atoms. The molecule has 0 unspecified atom stereocenters. The fraction of sp³-hybridized carbons (Fsp3) is 0.750. The van der Waals surface area contributed by atoms with Gasteiger partial charge in [0, 0.05) is 0 Å². The van der Waals surface area contributed by atoms with E-state index in [0.29, 0.717) is 0 Å². The summed E-state index contributed by atoms with van der Waals surface area (Å²) in [5, 5.41) is 0. The van der Waals surface area contributed by atoms with Crippen molar-refractivity contribution in [1.82, 2.24) is 0 Å². The van der Waals surface area contributed by atoms with E-state index in [2.05, 4.69) is 8.92 Å². The highest BCUT2D eigenvalue weighted by molar-refractivity contribution is 7.86. The SMILES string of the molecule is CCS(=O)(=O)OCOC=O. The summed E-state index contributed by atoms with van der Waals surface area (Å²) in [6.45, 7) is 1.00. The first kappa shape index (κ1) is 9.38. The van der Waals surface area contributed by atoms with Crippen molar-refractivity contribution in [3.05, 3.63) is 0 Å². The van der Waals surface area contributed by atoms with Crippen LogP contribution in [0.4, 0.5) is 0 Å². The van der Waals surface area contributed by atoms with Gasteiger partial charge in [0.25, 0.3) is 16.6 Å². The first-order chi connectivity index (χ1) is 4.62. The molecular formula is C4H8O5S. The van der Waals surface area contributed by atoms with Gasteiger partial charge in [0.2, 0.25) is 6.79 Å². The minimum Gasteiger partial charge on any atom is -0.439 e. The van der Waals surface area contributed by atoms with Crippen LogP contribution in [0.25, 0.3) is 0 Å². The maximum atomic E-state index is 10.5. The number of ether oxygens (including phenoxy) is 1. The van der Waals surface area contributed by atoms with Crippen LogP contribution in [-0.2, 0) is 23.8 Å². The van der Waals surface area contributed by atoms with Crippen molar-refractivity contribution in [1.29, 1.82) is 0 Å². The third-order valence-electron chi connectivity index (χ3n) is 0.717. The Labute approximate surface area is 59.1 Å². The number of hydrogen-bond acceptors (Lipinski definition) is 5. The summed E-state index contributed by atoms with van der Waals surface area (Å²) in [5.41, 5.74) is 0. The quantitative estimate of drug-likeness (QED) is 0.239. The van der Waals surface area contributed by atoms with Crippen LogP contribution in [0, 0.1) is 0 Å². The van der Waals surface area contributed by atoms with Crippen molar-refractivity contribution >= 4 is 16.6 Å². The fourth-order valence-corrected chi connectivity index (χ4v) is 0.581. The van der Waals surface area contributed by atoms with Gasteiger partial charge in [-0.25, -0.2) is 4.18 Å². The summed E-state index contributed by atoms with van der Waals surface area (Å²) >= 11 is 0. The van der Waals surface area contributed by atoms with Gasteiger partial charge in [0.1, 0.15) is 0 Å². The Morgan fingerprint density at radius 2 is 2.10 bits per heavy atom. The van der Waals surface area contributed by atoms with Crippen molar-refractivity contribution in [3.63, 3.8) is 0 Å². The zero-order valence-corrected chi connectivity index (χ0v) is 6.26. The van der Waals surface area contributed by atoms with E-state index in [1.165, 1.54) is 6.92 Å². The van der Waals surface area contributed by atoms with Crippen molar-refractivity contribution in [2.75, 3.05) is 12.5 Å². The second kappa shape index (κ2) is 4.24. The fourth-order valence-electron chi connectivity index (χ4n) is 0.212. The molecule has 0 aliphatic carbocycles. The maximum absolute atomic E-state index is 10.5. The number of rotatable bonds is 5. The smallest absolute Gasteiger partial charge is 0.295 e. The largest absolute Gasteiger partial charge is 0.439 e. The molecule has 6 heteroatoms. The highest BCUT2D eigenvalue weighted by atomic mass is 32.2. The van der Waals surface area contributed by atoms with Crippen LogP contribution in [0.1, 0.15) is 6.92 Å². The molecule has 0 heterocycles.